The van der Waals surface area contributed by atoms with Crippen LogP contribution in [-0.4, -0.2) is 28.9 Å². The van der Waals surface area contributed by atoms with Crippen molar-refractivity contribution in [3.8, 4) is 0 Å². The van der Waals surface area contributed by atoms with Gasteiger partial charge in [0.05, 0.1) is 17.5 Å². The molecule has 1 aromatic heterocycles. The normalized spacial score (nSPS) is 25.0. The van der Waals surface area contributed by atoms with Gasteiger partial charge in [0, 0.05) is 22.7 Å². The largest absolute Gasteiger partial charge is 0.390 e. The fourth-order valence-corrected chi connectivity index (χ4v) is 3.43. The van der Waals surface area contributed by atoms with Crippen molar-refractivity contribution in [2.24, 2.45) is 0 Å². The third-order valence-electron chi connectivity index (χ3n) is 4.44. The molecule has 110 valence electrons. The minimum Gasteiger partial charge on any atom is -0.390 e. The summed E-state index contributed by atoms with van der Waals surface area (Å²) in [6.07, 6.45) is 8.31. The van der Waals surface area contributed by atoms with E-state index in [1.54, 1.807) is 0 Å². The van der Waals surface area contributed by atoms with Crippen LogP contribution in [0.4, 0.5) is 0 Å². The van der Waals surface area contributed by atoms with Crippen molar-refractivity contribution in [3.05, 3.63) is 58.8 Å². The Morgan fingerprint density at radius 3 is 3.00 bits per heavy atom. The number of β-amino-alcohol motifs (C(OH)–C–C–N with tert-alkyl or cyclic N) is 1. The molecule has 0 radical (unpaired) electrons. The molecule has 22 heavy (non-hydrogen) atoms. The molecule has 0 unspecified atom stereocenters. The number of piperidine rings is 1. The van der Waals surface area contributed by atoms with Crippen LogP contribution in [-0.2, 0) is 0 Å². The van der Waals surface area contributed by atoms with E-state index in [9.17, 15) is 5.11 Å². The highest BCUT2D eigenvalue weighted by Crippen LogP contribution is 2.22. The molecule has 2 heterocycles. The summed E-state index contributed by atoms with van der Waals surface area (Å²) in [5, 5.41) is 17.1. The number of aliphatic hydroxyl groups is 1. The number of para-hydroxylation sites is 1. The van der Waals surface area contributed by atoms with Crippen molar-refractivity contribution in [3.63, 3.8) is 0 Å². The maximum absolute atomic E-state index is 10.5. The molecule has 1 fully saturated rings. The van der Waals surface area contributed by atoms with Gasteiger partial charge in [-0.2, -0.15) is 0 Å². The predicted octanol–water partition coefficient (Wildman–Crippen LogP) is 0.978. The molecule has 2 atom stereocenters. The molecule has 0 bridgehead atoms. The maximum Gasteiger partial charge on any atom is 0.0929 e. The lowest BCUT2D eigenvalue weighted by Crippen LogP contribution is -2.45. The molecular formula is C19H18N2O. The van der Waals surface area contributed by atoms with Crippen LogP contribution in [0.5, 0.6) is 0 Å². The van der Waals surface area contributed by atoms with Gasteiger partial charge in [-0.25, -0.2) is 0 Å². The third-order valence-corrected chi connectivity index (χ3v) is 4.44. The summed E-state index contributed by atoms with van der Waals surface area (Å²) in [6.45, 7) is 1.56. The fraction of sp³-hybridized carbons (Fsp3) is 0.263. The van der Waals surface area contributed by atoms with Crippen molar-refractivity contribution >= 4 is 22.7 Å². The summed E-state index contributed by atoms with van der Waals surface area (Å²) in [5.41, 5.74) is 7.63. The first-order valence-electron chi connectivity index (χ1n) is 7.72. The Labute approximate surface area is 128 Å². The second kappa shape index (κ2) is 5.49. The standard InChI is InChI=1S/C19H18N2O/c22-19-13-20-12-11-18(19)21-16-9-4-2-1-3-7-14(16)15-8-5-6-10-17(15)21/h2-8,10,18-20,22H,11-13H2/b14-7-/t1?,9?,18-,19-/m1/s1. The number of hydrogen-bond donors (Lipinski definition) is 2. The van der Waals surface area contributed by atoms with Crippen LogP contribution in [0.25, 0.3) is 22.7 Å². The van der Waals surface area contributed by atoms with E-state index >= 15 is 0 Å². The van der Waals surface area contributed by atoms with Crippen molar-refractivity contribution in [2.45, 2.75) is 18.6 Å². The van der Waals surface area contributed by atoms with Crippen LogP contribution in [0, 0.1) is 0 Å². The van der Waals surface area contributed by atoms with E-state index in [1.165, 1.54) is 5.39 Å². The van der Waals surface area contributed by atoms with Gasteiger partial charge < -0.3 is 15.0 Å². The zero-order chi connectivity index (χ0) is 14.9. The summed E-state index contributed by atoms with van der Waals surface area (Å²) in [7, 11) is 0. The van der Waals surface area contributed by atoms with Crippen molar-refractivity contribution in [1.29, 1.82) is 0 Å². The highest BCUT2D eigenvalue weighted by molar-refractivity contribution is 5.82. The number of nitrogens with zero attached hydrogens (tertiary/aromatic N) is 1. The number of aromatic nitrogens is 1. The van der Waals surface area contributed by atoms with Crippen LogP contribution in [0.15, 0.2) is 48.2 Å². The molecule has 4 rings (SSSR count). The molecular weight excluding hydrogens is 272 g/mol. The van der Waals surface area contributed by atoms with Crippen LogP contribution >= 0.6 is 0 Å². The average Bonchev–Trinajstić information content (AvgIpc) is 2.80. The Balaban J connectivity index is 2.12. The van der Waals surface area contributed by atoms with Crippen molar-refractivity contribution < 1.29 is 5.11 Å². The van der Waals surface area contributed by atoms with E-state index in [1.807, 2.05) is 18.2 Å². The lowest BCUT2D eigenvalue weighted by Gasteiger charge is -2.30. The Hall–Kier alpha value is -2.28. The zero-order valence-corrected chi connectivity index (χ0v) is 12.3. The summed E-state index contributed by atoms with van der Waals surface area (Å²) >= 11 is 0. The molecule has 0 amide bonds. The number of benzene rings is 1. The number of fused-ring (bicyclic) bond motifs is 3. The first-order chi connectivity index (χ1) is 10.9. The first kappa shape index (κ1) is 13.4. The summed E-state index contributed by atoms with van der Waals surface area (Å²) < 4.78 is 2.26. The molecule has 3 heteroatoms. The second-order valence-corrected chi connectivity index (χ2v) is 5.75. The lowest BCUT2D eigenvalue weighted by molar-refractivity contribution is 0.0881. The average molecular weight is 290 g/mol. The Morgan fingerprint density at radius 1 is 1.18 bits per heavy atom. The molecule has 1 aliphatic heterocycles. The molecule has 1 aliphatic carbocycles. The van der Waals surface area contributed by atoms with E-state index in [-0.39, 0.29) is 12.1 Å². The number of rotatable bonds is 1. The summed E-state index contributed by atoms with van der Waals surface area (Å²) in [4.78, 5) is 0. The predicted molar refractivity (Wildman–Crippen MR) is 88.8 cm³/mol. The van der Waals surface area contributed by atoms with Crippen LogP contribution in [0.2, 0.25) is 0 Å². The van der Waals surface area contributed by atoms with Crippen LogP contribution in [0.3, 0.4) is 0 Å². The Bertz CT molecular complexity index is 938. The molecule has 1 aromatic carbocycles. The molecule has 0 saturated carbocycles. The first-order valence-corrected chi connectivity index (χ1v) is 7.72. The fourth-order valence-electron chi connectivity index (χ4n) is 3.43. The van der Waals surface area contributed by atoms with E-state index in [0.29, 0.717) is 6.54 Å². The zero-order valence-electron chi connectivity index (χ0n) is 12.3. The van der Waals surface area contributed by atoms with Crippen molar-refractivity contribution in [1.82, 2.24) is 9.88 Å². The monoisotopic (exact) mass is 290 g/mol. The van der Waals surface area contributed by atoms with E-state index in [2.05, 4.69) is 51.7 Å². The minimum atomic E-state index is -0.382. The van der Waals surface area contributed by atoms with Crippen LogP contribution < -0.4 is 15.9 Å². The highest BCUT2D eigenvalue weighted by atomic mass is 16.3. The van der Waals surface area contributed by atoms with Gasteiger partial charge in [0.2, 0.25) is 0 Å². The van der Waals surface area contributed by atoms with E-state index in [4.69, 9.17) is 0 Å². The van der Waals surface area contributed by atoms with Gasteiger partial charge in [0.15, 0.2) is 0 Å². The third kappa shape index (κ3) is 2.09. The van der Waals surface area contributed by atoms with Gasteiger partial charge >= 0.3 is 0 Å². The lowest BCUT2D eigenvalue weighted by atomic mass is 10.0. The molecule has 0 spiro atoms. The Morgan fingerprint density at radius 2 is 2.09 bits per heavy atom. The minimum absolute atomic E-state index is 0.0802. The molecule has 2 N–H and O–H groups in total. The van der Waals surface area contributed by atoms with Gasteiger partial charge in [-0.3, -0.25) is 0 Å². The molecule has 3 nitrogen and oxygen atoms in total. The van der Waals surface area contributed by atoms with Gasteiger partial charge in [0.1, 0.15) is 0 Å². The number of hydrogen-bond acceptors (Lipinski definition) is 2. The van der Waals surface area contributed by atoms with E-state index < -0.39 is 0 Å². The quantitative estimate of drug-likeness (QED) is 0.768. The molecule has 2 aliphatic rings. The van der Waals surface area contributed by atoms with Gasteiger partial charge in [-0.05, 0) is 43.3 Å². The number of nitrogens with one attached hydrogen (secondary N) is 1. The topological polar surface area (TPSA) is 37.2 Å². The number of allylic oxidation sites excluding steroid dienone is 2. The van der Waals surface area contributed by atoms with E-state index in [0.717, 1.165) is 29.1 Å². The maximum atomic E-state index is 10.5. The number of aliphatic hydroxyl groups excluding tert-OH is 1. The smallest absolute Gasteiger partial charge is 0.0929 e. The van der Waals surface area contributed by atoms with Crippen molar-refractivity contribution in [2.75, 3.05) is 13.1 Å². The summed E-state index contributed by atoms with van der Waals surface area (Å²) in [5.74, 6) is 0. The van der Waals surface area contributed by atoms with Crippen LogP contribution in [0.1, 0.15) is 12.5 Å². The van der Waals surface area contributed by atoms with Gasteiger partial charge in [-0.1, -0.05) is 23.9 Å². The second-order valence-electron chi connectivity index (χ2n) is 5.75. The van der Waals surface area contributed by atoms with Gasteiger partial charge in [0.25, 0.3) is 0 Å². The summed E-state index contributed by atoms with van der Waals surface area (Å²) in [6, 6.07) is 8.45. The molecule has 1 saturated heterocycles. The highest BCUT2D eigenvalue weighted by Gasteiger charge is 2.26. The van der Waals surface area contributed by atoms with Gasteiger partial charge in [-0.15, -0.1) is 5.73 Å². The SMILES string of the molecule is O[C@@H]1CNCC[C@H]1n1c2/c(c3ccccc31)=C\C=C=CC=C=2. The Kier molecular flexibility index (Phi) is 3.34. The molecule has 2 aromatic rings.